The van der Waals surface area contributed by atoms with Gasteiger partial charge in [0.25, 0.3) is 0 Å². The van der Waals surface area contributed by atoms with Crippen LogP contribution in [0.3, 0.4) is 0 Å². The Bertz CT molecular complexity index is 560. The molecule has 0 spiro atoms. The fraction of sp³-hybridized carbons (Fsp3) is 0.357. The molecule has 1 aromatic heterocycles. The Morgan fingerprint density at radius 2 is 2.19 bits per heavy atom. The molecule has 0 saturated carbocycles. The largest absolute Gasteiger partial charge is 0.392 e. The zero-order valence-corrected chi connectivity index (χ0v) is 9.45. The normalized spacial score (nSPS) is 14.4. The van der Waals surface area contributed by atoms with Crippen molar-refractivity contribution in [3.05, 3.63) is 40.6 Å². The fourth-order valence-corrected chi connectivity index (χ4v) is 2.65. The van der Waals surface area contributed by atoms with Crippen molar-refractivity contribution in [3.63, 3.8) is 0 Å². The smallest absolute Gasteiger partial charge is 0.0709 e. The topological polar surface area (TPSA) is 33.1 Å². The number of aryl methyl sites for hydroxylation is 2. The number of pyridine rings is 1. The monoisotopic (exact) mass is 213 g/mol. The van der Waals surface area contributed by atoms with Crippen LogP contribution in [0.15, 0.2) is 18.2 Å². The van der Waals surface area contributed by atoms with Crippen LogP contribution in [0.2, 0.25) is 0 Å². The van der Waals surface area contributed by atoms with Gasteiger partial charge in [0.05, 0.1) is 12.1 Å². The van der Waals surface area contributed by atoms with Gasteiger partial charge in [-0.3, -0.25) is 4.98 Å². The number of fused-ring (bicyclic) bond motifs is 2. The lowest BCUT2D eigenvalue weighted by atomic mass is 10.0. The molecule has 16 heavy (non-hydrogen) atoms. The van der Waals surface area contributed by atoms with E-state index in [1.54, 1.807) is 0 Å². The summed E-state index contributed by atoms with van der Waals surface area (Å²) in [6.07, 6.45) is 3.30. The first kappa shape index (κ1) is 9.79. The van der Waals surface area contributed by atoms with E-state index in [9.17, 15) is 5.11 Å². The van der Waals surface area contributed by atoms with Gasteiger partial charge in [-0.05, 0) is 49.4 Å². The van der Waals surface area contributed by atoms with Crippen LogP contribution in [0, 0.1) is 6.92 Å². The van der Waals surface area contributed by atoms with Crippen LogP contribution in [0.5, 0.6) is 0 Å². The van der Waals surface area contributed by atoms with Crippen molar-refractivity contribution < 1.29 is 5.11 Å². The molecule has 0 unspecified atom stereocenters. The van der Waals surface area contributed by atoms with Gasteiger partial charge in [-0.25, -0.2) is 0 Å². The summed E-state index contributed by atoms with van der Waals surface area (Å²) in [5.74, 6) is 0. The van der Waals surface area contributed by atoms with E-state index in [-0.39, 0.29) is 6.61 Å². The Hall–Kier alpha value is -1.41. The summed E-state index contributed by atoms with van der Waals surface area (Å²) in [6, 6.07) is 6.27. The van der Waals surface area contributed by atoms with E-state index >= 15 is 0 Å². The number of aliphatic hydroxyl groups excluding tert-OH is 1. The minimum Gasteiger partial charge on any atom is -0.392 e. The van der Waals surface area contributed by atoms with Crippen molar-refractivity contribution in [2.75, 3.05) is 0 Å². The van der Waals surface area contributed by atoms with Gasteiger partial charge in [0.1, 0.15) is 0 Å². The molecule has 0 saturated heterocycles. The molecule has 2 aromatic rings. The average molecular weight is 213 g/mol. The minimum absolute atomic E-state index is 0.130. The summed E-state index contributed by atoms with van der Waals surface area (Å²) in [5, 5.41) is 10.7. The fourth-order valence-electron chi connectivity index (χ4n) is 2.65. The number of nitrogens with zero attached hydrogens (tertiary/aromatic N) is 1. The van der Waals surface area contributed by atoms with Crippen molar-refractivity contribution >= 4 is 10.9 Å². The molecule has 0 radical (unpaired) electrons. The van der Waals surface area contributed by atoms with Crippen LogP contribution in [0.1, 0.15) is 28.8 Å². The number of aromatic nitrogens is 1. The molecule has 0 bridgehead atoms. The molecule has 1 aliphatic carbocycles. The molecule has 0 aliphatic heterocycles. The van der Waals surface area contributed by atoms with Gasteiger partial charge < -0.3 is 5.11 Å². The maximum Gasteiger partial charge on any atom is 0.0709 e. The van der Waals surface area contributed by atoms with Gasteiger partial charge in [0.2, 0.25) is 0 Å². The van der Waals surface area contributed by atoms with Crippen molar-refractivity contribution in [2.24, 2.45) is 0 Å². The molecular weight excluding hydrogens is 198 g/mol. The Kier molecular flexibility index (Phi) is 2.18. The highest BCUT2D eigenvalue weighted by molar-refractivity contribution is 5.84. The van der Waals surface area contributed by atoms with E-state index < -0.39 is 0 Å². The Morgan fingerprint density at radius 3 is 3.00 bits per heavy atom. The average Bonchev–Trinajstić information content (AvgIpc) is 2.73. The van der Waals surface area contributed by atoms with Crippen molar-refractivity contribution in [3.8, 4) is 0 Å². The summed E-state index contributed by atoms with van der Waals surface area (Å²) in [7, 11) is 0. The predicted octanol–water partition coefficient (Wildman–Crippen LogP) is 2.52. The molecule has 2 heteroatoms. The predicted molar refractivity (Wildman–Crippen MR) is 64.4 cm³/mol. The maximum atomic E-state index is 9.56. The number of benzene rings is 1. The molecule has 1 N–H and O–H groups in total. The third-order valence-corrected chi connectivity index (χ3v) is 3.44. The summed E-state index contributed by atoms with van der Waals surface area (Å²) >= 11 is 0. The van der Waals surface area contributed by atoms with E-state index in [0.717, 1.165) is 29.3 Å². The first-order chi connectivity index (χ1) is 7.79. The van der Waals surface area contributed by atoms with Gasteiger partial charge in [0.15, 0.2) is 0 Å². The number of hydrogen-bond acceptors (Lipinski definition) is 2. The van der Waals surface area contributed by atoms with E-state index in [2.05, 4.69) is 25.1 Å². The second kappa shape index (κ2) is 3.56. The lowest BCUT2D eigenvalue weighted by Crippen LogP contribution is -1.98. The molecule has 2 nitrogen and oxygen atoms in total. The van der Waals surface area contributed by atoms with Crippen LogP contribution in [-0.4, -0.2) is 10.1 Å². The van der Waals surface area contributed by atoms with Gasteiger partial charge in [-0.2, -0.15) is 0 Å². The van der Waals surface area contributed by atoms with Crippen LogP contribution in [0.25, 0.3) is 10.9 Å². The van der Waals surface area contributed by atoms with Gasteiger partial charge in [0, 0.05) is 11.1 Å². The highest BCUT2D eigenvalue weighted by atomic mass is 16.3. The molecule has 3 rings (SSSR count). The highest BCUT2D eigenvalue weighted by Crippen LogP contribution is 2.30. The first-order valence-corrected chi connectivity index (χ1v) is 5.81. The third-order valence-electron chi connectivity index (χ3n) is 3.44. The van der Waals surface area contributed by atoms with Crippen molar-refractivity contribution in [1.29, 1.82) is 0 Å². The molecule has 0 amide bonds. The van der Waals surface area contributed by atoms with Crippen LogP contribution >= 0.6 is 0 Å². The van der Waals surface area contributed by atoms with Crippen LogP contribution in [0.4, 0.5) is 0 Å². The minimum atomic E-state index is 0.130. The van der Waals surface area contributed by atoms with E-state index in [1.165, 1.54) is 23.2 Å². The maximum absolute atomic E-state index is 9.56. The second-order valence-corrected chi connectivity index (χ2v) is 4.55. The summed E-state index contributed by atoms with van der Waals surface area (Å²) in [4.78, 5) is 4.69. The first-order valence-electron chi connectivity index (χ1n) is 5.81. The summed E-state index contributed by atoms with van der Waals surface area (Å²) in [5.41, 5.74) is 5.83. The number of rotatable bonds is 1. The number of aliphatic hydroxyl groups is 1. The van der Waals surface area contributed by atoms with E-state index in [1.807, 2.05) is 0 Å². The molecular formula is C14H15NO. The summed E-state index contributed by atoms with van der Waals surface area (Å²) in [6.45, 7) is 2.21. The molecule has 0 atom stereocenters. The third kappa shape index (κ3) is 1.34. The highest BCUT2D eigenvalue weighted by Gasteiger charge is 2.18. The second-order valence-electron chi connectivity index (χ2n) is 4.55. The zero-order valence-electron chi connectivity index (χ0n) is 9.45. The zero-order chi connectivity index (χ0) is 11.1. The molecule has 1 heterocycles. The molecule has 1 aliphatic rings. The van der Waals surface area contributed by atoms with Gasteiger partial charge in [-0.15, -0.1) is 0 Å². The number of hydrogen-bond donors (Lipinski definition) is 1. The lowest BCUT2D eigenvalue weighted by molar-refractivity contribution is 0.282. The quantitative estimate of drug-likeness (QED) is 0.789. The summed E-state index contributed by atoms with van der Waals surface area (Å²) < 4.78 is 0. The van der Waals surface area contributed by atoms with Crippen LogP contribution < -0.4 is 0 Å². The molecule has 1 aromatic carbocycles. The van der Waals surface area contributed by atoms with Crippen molar-refractivity contribution in [1.82, 2.24) is 4.98 Å². The molecule has 82 valence electrons. The van der Waals surface area contributed by atoms with Gasteiger partial charge >= 0.3 is 0 Å². The molecule has 0 fully saturated rings. The lowest BCUT2D eigenvalue weighted by Gasteiger charge is -2.10. The van der Waals surface area contributed by atoms with E-state index in [4.69, 9.17) is 4.98 Å². The van der Waals surface area contributed by atoms with Gasteiger partial charge in [-0.1, -0.05) is 11.6 Å². The Morgan fingerprint density at radius 1 is 1.31 bits per heavy atom. The Labute approximate surface area is 94.9 Å². The van der Waals surface area contributed by atoms with Crippen molar-refractivity contribution in [2.45, 2.75) is 32.8 Å². The van der Waals surface area contributed by atoms with E-state index in [0.29, 0.717) is 0 Å². The SMILES string of the molecule is Cc1ccc2nc3c(c(CO)c2c1)CCC3. The van der Waals surface area contributed by atoms with Crippen LogP contribution in [-0.2, 0) is 19.4 Å². The standard InChI is InChI=1S/C14H15NO/c1-9-5-6-14-11(7-9)12(8-16)10-3-2-4-13(10)15-14/h5-7,16H,2-4,8H2,1H3. The Balaban J connectivity index is 2.40.